The summed E-state index contributed by atoms with van der Waals surface area (Å²) in [6.07, 6.45) is 1.72. The molecule has 0 saturated heterocycles. The number of thiocarbonyl (C=S) groups is 1. The van der Waals surface area contributed by atoms with Crippen molar-refractivity contribution in [1.29, 1.82) is 0 Å². The van der Waals surface area contributed by atoms with Gasteiger partial charge in [0, 0.05) is 0 Å². The van der Waals surface area contributed by atoms with Gasteiger partial charge in [-0.2, -0.15) is 0 Å². The number of rotatable bonds is 4. The van der Waals surface area contributed by atoms with Crippen LogP contribution in [0.3, 0.4) is 0 Å². The van der Waals surface area contributed by atoms with Gasteiger partial charge in [0.1, 0.15) is 0 Å². The fraction of sp³-hybridized carbons (Fsp3) is 0.750. The third-order valence-corrected chi connectivity index (χ3v) is 2.20. The first-order valence-corrected chi connectivity index (χ1v) is 4.78. The summed E-state index contributed by atoms with van der Waals surface area (Å²) in [6.45, 7) is 2.12. The van der Waals surface area contributed by atoms with Crippen molar-refractivity contribution >= 4 is 23.3 Å². The maximum absolute atomic E-state index is 11.0. The van der Waals surface area contributed by atoms with Crippen molar-refractivity contribution in [2.45, 2.75) is 25.8 Å². The molecule has 13 heavy (non-hydrogen) atoms. The molecule has 0 heterocycles. The van der Waals surface area contributed by atoms with Crippen LogP contribution in [0.4, 0.5) is 4.79 Å². The second-order valence-electron chi connectivity index (χ2n) is 3.08. The van der Waals surface area contributed by atoms with E-state index in [2.05, 4.69) is 5.32 Å². The first kappa shape index (κ1) is 10.2. The lowest BCUT2D eigenvalue weighted by molar-refractivity contribution is 0.150. The predicted molar refractivity (Wildman–Crippen MR) is 53.5 cm³/mol. The minimum Gasteiger partial charge on any atom is -0.450 e. The van der Waals surface area contributed by atoms with Crippen LogP contribution in [0, 0.1) is 5.92 Å². The molecule has 1 fully saturated rings. The average Bonchev–Trinajstić information content (AvgIpc) is 2.82. The maximum atomic E-state index is 11.0. The van der Waals surface area contributed by atoms with Crippen molar-refractivity contribution in [3.05, 3.63) is 0 Å². The van der Waals surface area contributed by atoms with Crippen molar-refractivity contribution < 1.29 is 9.53 Å². The summed E-state index contributed by atoms with van der Waals surface area (Å²) >= 11 is 4.84. The van der Waals surface area contributed by atoms with E-state index in [1.165, 1.54) is 0 Å². The largest absolute Gasteiger partial charge is 0.450 e. The summed E-state index contributed by atoms with van der Waals surface area (Å²) in [5, 5.41) is 2.65. The molecule has 0 bridgehead atoms. The second kappa shape index (κ2) is 4.41. The van der Waals surface area contributed by atoms with Crippen molar-refractivity contribution in [2.75, 3.05) is 6.61 Å². The molecule has 0 spiro atoms. The maximum Gasteiger partial charge on any atom is 0.407 e. The number of nitrogens with one attached hydrogen (secondary N) is 1. The van der Waals surface area contributed by atoms with Gasteiger partial charge in [0.05, 0.1) is 17.6 Å². The zero-order valence-corrected chi connectivity index (χ0v) is 8.39. The molecular weight excluding hydrogens is 188 g/mol. The molecule has 1 amide bonds. The van der Waals surface area contributed by atoms with Crippen LogP contribution in [-0.2, 0) is 4.74 Å². The highest BCUT2D eigenvalue weighted by molar-refractivity contribution is 7.80. The van der Waals surface area contributed by atoms with Gasteiger partial charge in [-0.1, -0.05) is 12.2 Å². The third kappa shape index (κ3) is 3.18. The summed E-state index contributed by atoms with van der Waals surface area (Å²) in [5.41, 5.74) is 5.48. The zero-order chi connectivity index (χ0) is 9.84. The van der Waals surface area contributed by atoms with E-state index in [0.29, 0.717) is 17.5 Å². The van der Waals surface area contributed by atoms with Crippen LogP contribution >= 0.6 is 12.2 Å². The molecule has 0 aromatic carbocycles. The Kier molecular flexibility index (Phi) is 3.48. The summed E-state index contributed by atoms with van der Waals surface area (Å²) in [7, 11) is 0. The fourth-order valence-electron chi connectivity index (χ4n) is 1.15. The Morgan fingerprint density at radius 1 is 1.77 bits per heavy atom. The molecule has 1 aliphatic carbocycles. The Balaban J connectivity index is 2.37. The van der Waals surface area contributed by atoms with E-state index in [-0.39, 0.29) is 6.04 Å². The van der Waals surface area contributed by atoms with Crippen molar-refractivity contribution in [2.24, 2.45) is 11.7 Å². The molecule has 1 rings (SSSR count). The third-order valence-electron chi connectivity index (χ3n) is 1.95. The van der Waals surface area contributed by atoms with Crippen molar-refractivity contribution in [3.63, 3.8) is 0 Å². The minimum atomic E-state index is -0.438. The van der Waals surface area contributed by atoms with Gasteiger partial charge in [-0.25, -0.2) is 4.79 Å². The van der Waals surface area contributed by atoms with Crippen LogP contribution in [0.5, 0.6) is 0 Å². The normalized spacial score (nSPS) is 17.6. The molecule has 0 aromatic rings. The van der Waals surface area contributed by atoms with E-state index >= 15 is 0 Å². The van der Waals surface area contributed by atoms with E-state index < -0.39 is 6.09 Å². The number of hydrogen-bond donors (Lipinski definition) is 2. The van der Waals surface area contributed by atoms with E-state index in [0.717, 1.165) is 12.8 Å². The Hall–Kier alpha value is -0.840. The highest BCUT2D eigenvalue weighted by Crippen LogP contribution is 2.32. The molecule has 0 aliphatic heterocycles. The average molecular weight is 202 g/mol. The summed E-state index contributed by atoms with van der Waals surface area (Å²) < 4.78 is 4.74. The standard InChI is InChI=1S/C8H14N2O2S/c1-2-12-8(11)10-6(7(9)13)5-3-4-5/h5-6H,2-4H2,1H3,(H2,9,13)(H,10,11). The summed E-state index contributed by atoms with van der Waals surface area (Å²) in [5.74, 6) is 0.418. The first-order chi connectivity index (χ1) is 6.15. The van der Waals surface area contributed by atoms with E-state index in [9.17, 15) is 4.79 Å². The molecule has 1 unspecified atom stereocenters. The Morgan fingerprint density at radius 3 is 2.77 bits per heavy atom. The number of hydrogen-bond acceptors (Lipinski definition) is 3. The highest BCUT2D eigenvalue weighted by Gasteiger charge is 2.34. The van der Waals surface area contributed by atoms with Crippen LogP contribution in [0.15, 0.2) is 0 Å². The smallest absolute Gasteiger partial charge is 0.407 e. The molecule has 3 N–H and O–H groups in total. The monoisotopic (exact) mass is 202 g/mol. The molecule has 1 saturated carbocycles. The molecule has 0 aromatic heterocycles. The number of ether oxygens (including phenoxy) is 1. The number of carbonyl (C=O) groups excluding carboxylic acids is 1. The van der Waals surface area contributed by atoms with E-state index in [1.807, 2.05) is 0 Å². The molecule has 5 heteroatoms. The number of alkyl carbamates (subject to hydrolysis) is 1. The first-order valence-electron chi connectivity index (χ1n) is 4.37. The van der Waals surface area contributed by atoms with Gasteiger partial charge in [0.2, 0.25) is 0 Å². The number of carbonyl (C=O) groups is 1. The topological polar surface area (TPSA) is 64.3 Å². The quantitative estimate of drug-likeness (QED) is 0.662. The van der Waals surface area contributed by atoms with Gasteiger partial charge >= 0.3 is 6.09 Å². The van der Waals surface area contributed by atoms with Crippen LogP contribution in [-0.4, -0.2) is 23.7 Å². The van der Waals surface area contributed by atoms with Crippen LogP contribution < -0.4 is 11.1 Å². The molecule has 1 atom stereocenters. The van der Waals surface area contributed by atoms with Crippen molar-refractivity contribution in [3.8, 4) is 0 Å². The van der Waals surface area contributed by atoms with Crippen LogP contribution in [0.25, 0.3) is 0 Å². The predicted octanol–water partition coefficient (Wildman–Crippen LogP) is 0.797. The van der Waals surface area contributed by atoms with Gasteiger partial charge in [-0.15, -0.1) is 0 Å². The van der Waals surface area contributed by atoms with Crippen LogP contribution in [0.1, 0.15) is 19.8 Å². The zero-order valence-electron chi connectivity index (χ0n) is 7.58. The Labute approximate surface area is 82.8 Å². The fourth-order valence-corrected chi connectivity index (χ4v) is 1.40. The lowest BCUT2D eigenvalue weighted by Gasteiger charge is -2.15. The number of nitrogens with two attached hydrogens (primary N) is 1. The van der Waals surface area contributed by atoms with Gasteiger partial charge in [0.25, 0.3) is 0 Å². The molecule has 74 valence electrons. The molecule has 1 aliphatic rings. The van der Waals surface area contributed by atoms with Crippen LogP contribution in [0.2, 0.25) is 0 Å². The lowest BCUT2D eigenvalue weighted by atomic mass is 10.2. The SMILES string of the molecule is CCOC(=O)NC(C(N)=S)C1CC1. The van der Waals surface area contributed by atoms with E-state index in [1.54, 1.807) is 6.92 Å². The highest BCUT2D eigenvalue weighted by atomic mass is 32.1. The molecule has 4 nitrogen and oxygen atoms in total. The second-order valence-corrected chi connectivity index (χ2v) is 3.55. The van der Waals surface area contributed by atoms with Gasteiger partial charge in [-0.05, 0) is 25.7 Å². The van der Waals surface area contributed by atoms with E-state index in [4.69, 9.17) is 22.7 Å². The molecular formula is C8H14N2O2S. The van der Waals surface area contributed by atoms with Gasteiger partial charge in [-0.3, -0.25) is 0 Å². The summed E-state index contributed by atoms with van der Waals surface area (Å²) in [4.78, 5) is 11.4. The van der Waals surface area contributed by atoms with Crippen molar-refractivity contribution in [1.82, 2.24) is 5.32 Å². The Morgan fingerprint density at radius 2 is 2.38 bits per heavy atom. The number of amides is 1. The molecule has 0 radical (unpaired) electrons. The minimum absolute atomic E-state index is 0.186. The summed E-state index contributed by atoms with van der Waals surface area (Å²) in [6, 6.07) is -0.186. The van der Waals surface area contributed by atoms with Gasteiger partial charge in [0.15, 0.2) is 0 Å². The van der Waals surface area contributed by atoms with Gasteiger partial charge < -0.3 is 15.8 Å². The Bertz CT molecular complexity index is 216. The lowest BCUT2D eigenvalue weighted by Crippen LogP contribution is -2.45.